The van der Waals surface area contributed by atoms with Gasteiger partial charge in [0, 0.05) is 17.1 Å². The van der Waals surface area contributed by atoms with E-state index in [0.29, 0.717) is 0 Å². The van der Waals surface area contributed by atoms with Crippen molar-refractivity contribution in [1.29, 1.82) is 0 Å². The molecule has 7 aromatic rings. The molecule has 0 spiro atoms. The Kier molecular flexibility index (Phi) is 7.14. The highest BCUT2D eigenvalue weighted by Crippen LogP contribution is 2.57. The Morgan fingerprint density at radius 1 is 0.481 bits per heavy atom. The Labute approximate surface area is 321 Å². The van der Waals surface area contributed by atoms with Crippen LogP contribution in [0.1, 0.15) is 59.4 Å². The van der Waals surface area contributed by atoms with E-state index in [1.165, 1.54) is 98.0 Å². The summed E-state index contributed by atoms with van der Waals surface area (Å²) in [6.45, 7) is 5.01. The van der Waals surface area contributed by atoms with E-state index in [1.54, 1.807) is 5.19 Å². The molecule has 2 saturated carbocycles. The number of hydrogen-bond acceptors (Lipinski definition) is 1. The zero-order valence-corrected chi connectivity index (χ0v) is 32.2. The first-order chi connectivity index (χ1) is 26.5. The van der Waals surface area contributed by atoms with Crippen molar-refractivity contribution in [3.63, 3.8) is 0 Å². The van der Waals surface area contributed by atoms with E-state index in [1.807, 2.05) is 0 Å². The van der Waals surface area contributed by atoms with Gasteiger partial charge in [-0.3, -0.25) is 0 Å². The molecule has 3 aliphatic carbocycles. The molecule has 1 aliphatic heterocycles. The first-order valence-electron chi connectivity index (χ1n) is 20.0. The second kappa shape index (κ2) is 12.0. The first kappa shape index (κ1) is 32.0. The summed E-state index contributed by atoms with van der Waals surface area (Å²) in [6, 6.07) is 64.8. The highest BCUT2D eigenvalue weighted by Gasteiger charge is 2.46. The Morgan fingerprint density at radius 2 is 1.04 bits per heavy atom. The SMILES string of the molecule is C[Si]1(C)c2ccccc2-c2cc(N(c3ccc(C4CC5CCC4C5)cc3)c3ccc(C4(c5ccccc5)c5ccccc5-c5ccccc54)cc3)ccc21. The third-order valence-electron chi connectivity index (χ3n) is 13.9. The normalized spacial score (nSPS) is 20.6. The first-order valence-corrected chi connectivity index (χ1v) is 23.0. The zero-order valence-electron chi connectivity index (χ0n) is 31.2. The van der Waals surface area contributed by atoms with Crippen LogP contribution in [0, 0.1) is 11.8 Å². The maximum atomic E-state index is 2.50. The molecule has 1 heterocycles. The zero-order chi connectivity index (χ0) is 36.0. The molecule has 0 radical (unpaired) electrons. The summed E-state index contributed by atoms with van der Waals surface area (Å²) < 4.78 is 0. The van der Waals surface area contributed by atoms with Crippen LogP contribution in [0.15, 0.2) is 170 Å². The topological polar surface area (TPSA) is 3.24 Å². The van der Waals surface area contributed by atoms with Crippen LogP contribution in [-0.4, -0.2) is 8.07 Å². The molecule has 11 rings (SSSR count). The fraction of sp³-hybridized carbons (Fsp3) is 0.192. The lowest BCUT2D eigenvalue weighted by atomic mass is 9.68. The Bertz CT molecular complexity index is 2500. The average molecular weight is 712 g/mol. The van der Waals surface area contributed by atoms with Gasteiger partial charge >= 0.3 is 0 Å². The van der Waals surface area contributed by atoms with Crippen LogP contribution in [0.25, 0.3) is 22.3 Å². The van der Waals surface area contributed by atoms with E-state index in [2.05, 4.69) is 188 Å². The number of benzene rings is 7. The summed E-state index contributed by atoms with van der Waals surface area (Å²) in [5, 5.41) is 3.09. The molecule has 2 fully saturated rings. The van der Waals surface area contributed by atoms with Crippen molar-refractivity contribution in [2.75, 3.05) is 4.90 Å². The fourth-order valence-electron chi connectivity index (χ4n) is 11.4. The number of hydrogen-bond donors (Lipinski definition) is 0. The smallest absolute Gasteiger partial charge is 0.113 e. The molecular formula is C52H45NSi. The highest BCUT2D eigenvalue weighted by molar-refractivity contribution is 7.03. The summed E-state index contributed by atoms with van der Waals surface area (Å²) in [5.74, 6) is 2.53. The van der Waals surface area contributed by atoms with E-state index >= 15 is 0 Å². The Morgan fingerprint density at radius 3 is 1.69 bits per heavy atom. The summed E-state index contributed by atoms with van der Waals surface area (Å²) in [4.78, 5) is 2.50. The minimum Gasteiger partial charge on any atom is -0.310 e. The van der Waals surface area contributed by atoms with Crippen molar-refractivity contribution in [1.82, 2.24) is 0 Å². The molecule has 54 heavy (non-hydrogen) atoms. The monoisotopic (exact) mass is 711 g/mol. The Hall–Kier alpha value is -5.44. The van der Waals surface area contributed by atoms with Gasteiger partial charge in [0.25, 0.3) is 0 Å². The summed E-state index contributed by atoms with van der Waals surface area (Å²) in [5.41, 5.74) is 15.5. The predicted molar refractivity (Wildman–Crippen MR) is 229 cm³/mol. The van der Waals surface area contributed by atoms with Crippen LogP contribution in [0.5, 0.6) is 0 Å². The molecule has 1 nitrogen and oxygen atoms in total. The molecule has 3 unspecified atom stereocenters. The lowest BCUT2D eigenvalue weighted by Gasteiger charge is -2.34. The van der Waals surface area contributed by atoms with E-state index in [-0.39, 0.29) is 0 Å². The van der Waals surface area contributed by atoms with E-state index in [9.17, 15) is 0 Å². The van der Waals surface area contributed by atoms with Gasteiger partial charge in [0.1, 0.15) is 8.07 Å². The van der Waals surface area contributed by atoms with Gasteiger partial charge in [0.2, 0.25) is 0 Å². The average Bonchev–Trinajstić information content (AvgIpc) is 3.99. The van der Waals surface area contributed by atoms with Crippen LogP contribution in [-0.2, 0) is 5.41 Å². The quantitative estimate of drug-likeness (QED) is 0.155. The fourth-order valence-corrected chi connectivity index (χ4v) is 14.5. The standard InChI is InChI=1S/C52H45NSi/c1-54(2)50-19-11-8-16-45(50)47-34-42(30-31-51(47)54)53(40-26-22-36(23-27-40)46-33-35-20-21-37(46)32-35)41-28-24-39(25-29-41)52(38-12-4-3-5-13-38)48-17-9-6-14-43(48)44-15-7-10-18-49(44)52/h3-19,22-31,34-35,37,46H,20-21,32-33H2,1-2H3. The molecule has 262 valence electrons. The number of nitrogens with zero attached hydrogens (tertiary/aromatic N) is 1. The van der Waals surface area contributed by atoms with Crippen LogP contribution < -0.4 is 15.3 Å². The van der Waals surface area contributed by atoms with E-state index in [0.717, 1.165) is 17.8 Å². The minimum atomic E-state index is -1.77. The molecule has 2 bridgehead atoms. The molecule has 7 aromatic carbocycles. The number of anilines is 3. The third-order valence-corrected chi connectivity index (χ3v) is 17.4. The third kappa shape index (κ3) is 4.56. The van der Waals surface area contributed by atoms with Gasteiger partial charge in [-0.15, -0.1) is 0 Å². The van der Waals surface area contributed by atoms with Crippen molar-refractivity contribution in [2.24, 2.45) is 11.8 Å². The molecule has 4 aliphatic rings. The van der Waals surface area contributed by atoms with Crippen molar-refractivity contribution < 1.29 is 0 Å². The largest absolute Gasteiger partial charge is 0.310 e. The number of fused-ring (bicyclic) bond motifs is 8. The maximum absolute atomic E-state index is 2.50. The molecule has 0 aromatic heterocycles. The second-order valence-corrected chi connectivity index (χ2v) is 21.2. The van der Waals surface area contributed by atoms with E-state index in [4.69, 9.17) is 0 Å². The van der Waals surface area contributed by atoms with Crippen molar-refractivity contribution in [3.8, 4) is 22.3 Å². The van der Waals surface area contributed by atoms with Gasteiger partial charge in [-0.05, 0) is 134 Å². The van der Waals surface area contributed by atoms with Gasteiger partial charge < -0.3 is 4.90 Å². The summed E-state index contributed by atoms with van der Waals surface area (Å²) in [6.07, 6.45) is 5.65. The second-order valence-electron chi connectivity index (χ2n) is 16.9. The van der Waals surface area contributed by atoms with Gasteiger partial charge in [-0.2, -0.15) is 0 Å². The van der Waals surface area contributed by atoms with Crippen LogP contribution >= 0.6 is 0 Å². The maximum Gasteiger partial charge on any atom is 0.113 e. The lowest BCUT2D eigenvalue weighted by molar-refractivity contribution is 0.420. The van der Waals surface area contributed by atoms with Crippen molar-refractivity contribution in [3.05, 3.63) is 198 Å². The van der Waals surface area contributed by atoms with Crippen LogP contribution in [0.4, 0.5) is 17.1 Å². The number of rotatable bonds is 6. The van der Waals surface area contributed by atoms with Gasteiger partial charge in [-0.1, -0.05) is 153 Å². The van der Waals surface area contributed by atoms with Gasteiger partial charge in [0.15, 0.2) is 0 Å². The molecule has 2 heteroatoms. The Balaban J connectivity index is 1.07. The summed E-state index contributed by atoms with van der Waals surface area (Å²) in [7, 11) is -1.77. The minimum absolute atomic E-state index is 0.409. The van der Waals surface area contributed by atoms with Crippen LogP contribution in [0.2, 0.25) is 13.1 Å². The highest BCUT2D eigenvalue weighted by atomic mass is 28.3. The van der Waals surface area contributed by atoms with E-state index < -0.39 is 13.5 Å². The predicted octanol–water partition coefficient (Wildman–Crippen LogP) is 12.2. The summed E-state index contributed by atoms with van der Waals surface area (Å²) >= 11 is 0. The molecule has 3 atom stereocenters. The van der Waals surface area contributed by atoms with Gasteiger partial charge in [0.05, 0.1) is 5.41 Å². The molecule has 0 amide bonds. The molecule has 0 saturated heterocycles. The van der Waals surface area contributed by atoms with Gasteiger partial charge in [-0.25, -0.2) is 0 Å². The van der Waals surface area contributed by atoms with Crippen molar-refractivity contribution >= 4 is 35.5 Å². The molecule has 0 N–H and O–H groups in total. The van der Waals surface area contributed by atoms with Crippen molar-refractivity contribution in [2.45, 2.75) is 50.1 Å². The van der Waals surface area contributed by atoms with Crippen LogP contribution in [0.3, 0.4) is 0 Å². The molecular weight excluding hydrogens is 667 g/mol. The lowest BCUT2D eigenvalue weighted by Crippen LogP contribution is -2.49.